The van der Waals surface area contributed by atoms with Gasteiger partial charge in [-0.25, -0.2) is 0 Å². The van der Waals surface area contributed by atoms with E-state index in [1.54, 1.807) is 7.11 Å². The Hall–Kier alpha value is -0.883. The van der Waals surface area contributed by atoms with E-state index in [0.29, 0.717) is 25.9 Å². The van der Waals surface area contributed by atoms with Crippen LogP contribution in [-0.4, -0.2) is 35.7 Å². The summed E-state index contributed by atoms with van der Waals surface area (Å²) >= 11 is 0. The molecule has 0 radical (unpaired) electrons. The van der Waals surface area contributed by atoms with Crippen molar-refractivity contribution in [1.29, 1.82) is 0 Å². The number of benzene rings is 1. The third kappa shape index (κ3) is 4.54. The first-order valence-electron chi connectivity index (χ1n) is 7.58. The van der Waals surface area contributed by atoms with Gasteiger partial charge < -0.3 is 18.0 Å². The molecule has 0 aliphatic heterocycles. The molecule has 0 amide bonds. The molecule has 0 aliphatic rings. The minimum absolute atomic E-state index is 0.583. The smallest absolute Gasteiger partial charge is 0.496 e. The largest absolute Gasteiger partial charge is 0.505 e. The van der Waals surface area contributed by atoms with Crippen LogP contribution in [0, 0.1) is 13.8 Å². The molecule has 0 atom stereocenters. The highest BCUT2D eigenvalue weighted by Crippen LogP contribution is 2.29. The van der Waals surface area contributed by atoms with E-state index < -0.39 is 8.80 Å². The normalized spacial score (nSPS) is 11.7. The monoisotopic (exact) mass is 312 g/mol. The summed E-state index contributed by atoms with van der Waals surface area (Å²) in [5.41, 5.74) is 3.46. The highest BCUT2D eigenvalue weighted by Gasteiger charge is 2.41. The summed E-state index contributed by atoms with van der Waals surface area (Å²) < 4.78 is 23.4. The topological polar surface area (TPSA) is 36.9 Å². The predicted molar refractivity (Wildman–Crippen MR) is 86.8 cm³/mol. The second-order valence-corrected chi connectivity index (χ2v) is 7.44. The Morgan fingerprint density at radius 3 is 1.86 bits per heavy atom. The molecule has 0 spiro atoms. The molecular formula is C16H28O4Si. The summed E-state index contributed by atoms with van der Waals surface area (Å²) in [7, 11) is -0.999. The van der Waals surface area contributed by atoms with Gasteiger partial charge in [-0.15, -0.1) is 0 Å². The van der Waals surface area contributed by atoms with E-state index in [2.05, 4.69) is 26.0 Å². The molecule has 5 heteroatoms. The molecule has 0 aliphatic carbocycles. The number of methoxy groups -OCH3 is 1. The Kier molecular flexibility index (Phi) is 7.38. The van der Waals surface area contributed by atoms with Crippen molar-refractivity contribution in [2.24, 2.45) is 0 Å². The van der Waals surface area contributed by atoms with Crippen molar-refractivity contribution in [3.8, 4) is 5.75 Å². The fourth-order valence-corrected chi connectivity index (χ4v) is 5.06. The second kappa shape index (κ2) is 8.53. The zero-order valence-electron chi connectivity index (χ0n) is 14.1. The highest BCUT2D eigenvalue weighted by molar-refractivity contribution is 6.60. The fraction of sp³-hybridized carbons (Fsp3) is 0.625. The van der Waals surface area contributed by atoms with Crippen molar-refractivity contribution in [3.05, 3.63) is 28.8 Å². The average Bonchev–Trinajstić information content (AvgIpc) is 2.44. The molecule has 1 rings (SSSR count). The molecule has 0 N–H and O–H groups in total. The predicted octanol–water partition coefficient (Wildman–Crippen LogP) is 3.44. The molecule has 120 valence electrons. The summed E-state index contributed by atoms with van der Waals surface area (Å²) in [5.74, 6) is 0.908. The Morgan fingerprint density at radius 1 is 0.905 bits per heavy atom. The Morgan fingerprint density at radius 2 is 1.43 bits per heavy atom. The van der Waals surface area contributed by atoms with Crippen LogP contribution in [0.2, 0.25) is 0 Å². The molecule has 0 fully saturated rings. The van der Waals surface area contributed by atoms with Gasteiger partial charge in [-0.05, 0) is 51.3 Å². The quantitative estimate of drug-likeness (QED) is 0.655. The lowest BCUT2D eigenvalue weighted by Gasteiger charge is -2.29. The third-order valence-corrected chi connectivity index (χ3v) is 6.46. The van der Waals surface area contributed by atoms with Crippen molar-refractivity contribution < 1.29 is 18.0 Å². The number of aryl methyl sites for hydroxylation is 1. The summed E-state index contributed by atoms with van der Waals surface area (Å²) in [6, 6.07) is 4.82. The maximum absolute atomic E-state index is 5.92. The second-order valence-electron chi connectivity index (χ2n) is 4.86. The number of hydrogen-bond acceptors (Lipinski definition) is 4. The van der Waals surface area contributed by atoms with Crippen LogP contribution in [0.4, 0.5) is 0 Å². The lowest BCUT2D eigenvalue weighted by Crippen LogP contribution is -2.48. The van der Waals surface area contributed by atoms with Crippen molar-refractivity contribution in [2.75, 3.05) is 26.9 Å². The van der Waals surface area contributed by atoms with Gasteiger partial charge in [0.25, 0.3) is 0 Å². The van der Waals surface area contributed by atoms with Gasteiger partial charge >= 0.3 is 8.80 Å². The molecule has 21 heavy (non-hydrogen) atoms. The van der Waals surface area contributed by atoms with E-state index in [4.69, 9.17) is 18.0 Å². The lowest BCUT2D eigenvalue weighted by atomic mass is 10.1. The van der Waals surface area contributed by atoms with Gasteiger partial charge in [-0.3, -0.25) is 0 Å². The van der Waals surface area contributed by atoms with E-state index in [9.17, 15) is 0 Å². The number of rotatable bonds is 9. The summed E-state index contributed by atoms with van der Waals surface area (Å²) in [4.78, 5) is 0. The summed E-state index contributed by atoms with van der Waals surface area (Å²) in [6.45, 7) is 11.8. The van der Waals surface area contributed by atoms with Gasteiger partial charge in [-0.2, -0.15) is 0 Å². The molecule has 0 bridgehead atoms. The van der Waals surface area contributed by atoms with E-state index in [1.165, 1.54) is 5.56 Å². The molecule has 0 unspecified atom stereocenters. The summed E-state index contributed by atoms with van der Waals surface area (Å²) in [6.07, 6.45) is 0. The highest BCUT2D eigenvalue weighted by atomic mass is 28.4. The van der Waals surface area contributed by atoms with E-state index in [1.807, 2.05) is 20.8 Å². The van der Waals surface area contributed by atoms with Crippen LogP contribution < -0.4 is 4.74 Å². The van der Waals surface area contributed by atoms with Crippen molar-refractivity contribution in [1.82, 2.24) is 0 Å². The van der Waals surface area contributed by atoms with Gasteiger partial charge in [0, 0.05) is 25.9 Å². The van der Waals surface area contributed by atoms with Crippen LogP contribution in [0.1, 0.15) is 37.5 Å². The van der Waals surface area contributed by atoms with Crippen LogP contribution in [0.15, 0.2) is 12.1 Å². The molecule has 0 saturated carbocycles. The Bertz CT molecular complexity index is 431. The van der Waals surface area contributed by atoms with Crippen molar-refractivity contribution in [3.63, 3.8) is 0 Å². The molecule has 0 heterocycles. The molecule has 1 aromatic carbocycles. The lowest BCUT2D eigenvalue weighted by molar-refractivity contribution is 0.0702. The zero-order valence-corrected chi connectivity index (χ0v) is 15.1. The van der Waals surface area contributed by atoms with Crippen LogP contribution >= 0.6 is 0 Å². The summed E-state index contributed by atoms with van der Waals surface area (Å²) in [5, 5.41) is 0. The van der Waals surface area contributed by atoms with E-state index >= 15 is 0 Å². The molecule has 1 aromatic rings. The average molecular weight is 312 g/mol. The third-order valence-electron chi connectivity index (χ3n) is 3.46. The van der Waals surface area contributed by atoms with Crippen LogP contribution in [0.3, 0.4) is 0 Å². The Balaban J connectivity index is 3.15. The van der Waals surface area contributed by atoms with E-state index in [-0.39, 0.29) is 0 Å². The van der Waals surface area contributed by atoms with Crippen LogP contribution in [0.5, 0.6) is 5.75 Å². The minimum Gasteiger partial charge on any atom is -0.496 e. The molecular weight excluding hydrogens is 284 g/mol. The fourth-order valence-electron chi connectivity index (χ4n) is 2.44. The van der Waals surface area contributed by atoms with Crippen molar-refractivity contribution >= 4 is 8.80 Å². The minimum atomic E-state index is -2.70. The maximum Gasteiger partial charge on any atom is 0.505 e. The van der Waals surface area contributed by atoms with Gasteiger partial charge in [0.05, 0.1) is 7.11 Å². The zero-order chi connectivity index (χ0) is 15.9. The SMILES string of the molecule is CCO[Si](Cc1ccc(C)c(C)c1OC)(OCC)OCC. The first-order chi connectivity index (χ1) is 10.0. The van der Waals surface area contributed by atoms with Gasteiger partial charge in [0.15, 0.2) is 0 Å². The Labute approximate surface area is 129 Å². The van der Waals surface area contributed by atoms with Gasteiger partial charge in [-0.1, -0.05) is 12.1 Å². The maximum atomic E-state index is 5.92. The molecule has 4 nitrogen and oxygen atoms in total. The van der Waals surface area contributed by atoms with Gasteiger partial charge in [0.2, 0.25) is 0 Å². The van der Waals surface area contributed by atoms with Gasteiger partial charge in [0.1, 0.15) is 5.75 Å². The number of hydrogen-bond donors (Lipinski definition) is 0. The molecule has 0 aromatic heterocycles. The first kappa shape index (κ1) is 18.2. The van der Waals surface area contributed by atoms with Crippen LogP contribution in [-0.2, 0) is 19.3 Å². The molecule has 0 saturated heterocycles. The van der Waals surface area contributed by atoms with Crippen molar-refractivity contribution in [2.45, 2.75) is 40.7 Å². The number of ether oxygens (including phenoxy) is 1. The van der Waals surface area contributed by atoms with E-state index in [0.717, 1.165) is 16.9 Å². The van der Waals surface area contributed by atoms with Crippen LogP contribution in [0.25, 0.3) is 0 Å². The first-order valence-corrected chi connectivity index (χ1v) is 9.51. The standard InChI is InChI=1S/C16H28O4Si/c1-7-18-21(19-8-2,20-9-3)12-15-11-10-13(4)14(5)16(15)17-6/h10-11H,7-9,12H2,1-6H3.